The number of nitrogens with two attached hydrogens (primary N) is 3. The lowest BCUT2D eigenvalue weighted by Crippen LogP contribution is -2.66. The zero-order valence-electron chi connectivity index (χ0n) is 10.8. The lowest BCUT2D eigenvalue weighted by atomic mass is 9.39. The first-order valence-corrected chi connectivity index (χ1v) is 6.64. The Labute approximate surface area is 111 Å². The molecule has 0 spiro atoms. The van der Waals surface area contributed by atoms with Crippen LogP contribution in [-0.2, 0) is 14.4 Å². The van der Waals surface area contributed by atoms with Crippen LogP contribution in [-0.4, -0.2) is 17.7 Å². The van der Waals surface area contributed by atoms with Gasteiger partial charge in [-0.1, -0.05) is 0 Å². The van der Waals surface area contributed by atoms with Crippen molar-refractivity contribution in [3.63, 3.8) is 0 Å². The number of amides is 3. The molecule has 4 aliphatic carbocycles. The van der Waals surface area contributed by atoms with E-state index in [0.717, 1.165) is 0 Å². The molecule has 3 amide bonds. The quantitative estimate of drug-likeness (QED) is 0.629. The van der Waals surface area contributed by atoms with Gasteiger partial charge in [-0.15, -0.1) is 0 Å². The molecule has 0 unspecified atom stereocenters. The number of hydrogen-bond donors (Lipinski definition) is 3. The Hall–Kier alpha value is -1.59. The molecule has 4 bridgehead atoms. The Morgan fingerprint density at radius 2 is 0.947 bits per heavy atom. The van der Waals surface area contributed by atoms with Crippen molar-refractivity contribution in [3.05, 3.63) is 0 Å². The number of hydrogen-bond acceptors (Lipinski definition) is 3. The molecule has 0 heterocycles. The topological polar surface area (TPSA) is 129 Å². The predicted molar refractivity (Wildman–Crippen MR) is 66.1 cm³/mol. The molecule has 6 heteroatoms. The molecule has 6 nitrogen and oxygen atoms in total. The summed E-state index contributed by atoms with van der Waals surface area (Å²) in [4.78, 5) is 35.7. The van der Waals surface area contributed by atoms with Gasteiger partial charge in [-0.3, -0.25) is 14.4 Å². The van der Waals surface area contributed by atoms with Gasteiger partial charge in [0.05, 0.1) is 16.2 Å². The Morgan fingerprint density at radius 3 is 1.16 bits per heavy atom. The van der Waals surface area contributed by atoms with Gasteiger partial charge in [-0.05, 0) is 44.4 Å². The molecule has 0 saturated heterocycles. The van der Waals surface area contributed by atoms with E-state index < -0.39 is 34.0 Å². The Morgan fingerprint density at radius 1 is 0.684 bits per heavy atom. The summed E-state index contributed by atoms with van der Waals surface area (Å²) in [5.74, 6) is -1.13. The lowest BCUT2D eigenvalue weighted by Gasteiger charge is -2.63. The molecule has 0 radical (unpaired) electrons. The summed E-state index contributed by atoms with van der Waals surface area (Å²) in [5.41, 5.74) is 14.4. The van der Waals surface area contributed by atoms with E-state index in [1.54, 1.807) is 0 Å². The summed E-state index contributed by atoms with van der Waals surface area (Å²) < 4.78 is 0. The van der Waals surface area contributed by atoms with E-state index in [1.807, 2.05) is 0 Å². The highest BCUT2D eigenvalue weighted by molar-refractivity contribution is 5.91. The minimum Gasteiger partial charge on any atom is -0.369 e. The molecule has 0 aromatic rings. The fourth-order valence-corrected chi connectivity index (χ4v) is 5.26. The SMILES string of the molecule is NC(=O)C12CC3CC(C(N)=O)(C1)CC(C(N)=O)(C3)C2. The Bertz CT molecular complexity index is 422. The van der Waals surface area contributed by atoms with Crippen molar-refractivity contribution < 1.29 is 14.4 Å². The van der Waals surface area contributed by atoms with Crippen LogP contribution in [0.5, 0.6) is 0 Å². The van der Waals surface area contributed by atoms with Crippen molar-refractivity contribution in [1.29, 1.82) is 0 Å². The summed E-state index contributed by atoms with van der Waals surface area (Å²) in [6.45, 7) is 0. The van der Waals surface area contributed by atoms with E-state index in [2.05, 4.69) is 0 Å². The zero-order chi connectivity index (χ0) is 14.1. The van der Waals surface area contributed by atoms with Crippen LogP contribution in [0.25, 0.3) is 0 Å². The molecule has 19 heavy (non-hydrogen) atoms. The average Bonchev–Trinajstić information content (AvgIpc) is 2.26. The van der Waals surface area contributed by atoms with Crippen molar-refractivity contribution in [1.82, 2.24) is 0 Å². The second kappa shape index (κ2) is 3.29. The molecule has 0 atom stereocenters. The van der Waals surface area contributed by atoms with Gasteiger partial charge in [0.1, 0.15) is 0 Å². The first-order chi connectivity index (χ1) is 8.74. The summed E-state index contributed by atoms with van der Waals surface area (Å²) in [6.07, 6.45) is 3.13. The maximum Gasteiger partial charge on any atom is 0.223 e. The van der Waals surface area contributed by atoms with Crippen molar-refractivity contribution in [2.75, 3.05) is 0 Å². The molecule has 4 aliphatic rings. The zero-order valence-corrected chi connectivity index (χ0v) is 10.8. The summed E-state index contributed by atoms with van der Waals surface area (Å²) in [6, 6.07) is 0. The van der Waals surface area contributed by atoms with Crippen molar-refractivity contribution >= 4 is 17.7 Å². The molecular weight excluding hydrogens is 246 g/mol. The van der Waals surface area contributed by atoms with Gasteiger partial charge in [0, 0.05) is 0 Å². The normalized spacial score (nSPS) is 47.1. The smallest absolute Gasteiger partial charge is 0.223 e. The van der Waals surface area contributed by atoms with Crippen LogP contribution < -0.4 is 17.2 Å². The van der Waals surface area contributed by atoms with Crippen LogP contribution >= 0.6 is 0 Å². The summed E-state index contributed by atoms with van der Waals surface area (Å²) in [7, 11) is 0. The highest BCUT2D eigenvalue weighted by Gasteiger charge is 2.68. The monoisotopic (exact) mass is 265 g/mol. The predicted octanol–water partition coefficient (Wildman–Crippen LogP) is -0.601. The van der Waals surface area contributed by atoms with Crippen LogP contribution in [0.1, 0.15) is 38.5 Å². The van der Waals surface area contributed by atoms with Gasteiger partial charge in [-0.25, -0.2) is 0 Å². The third-order valence-electron chi connectivity index (χ3n) is 5.64. The van der Waals surface area contributed by atoms with Gasteiger partial charge in [-0.2, -0.15) is 0 Å². The van der Waals surface area contributed by atoms with Crippen LogP contribution in [0.3, 0.4) is 0 Å². The molecule has 104 valence electrons. The molecule has 0 aromatic heterocycles. The number of rotatable bonds is 3. The van der Waals surface area contributed by atoms with Crippen molar-refractivity contribution in [3.8, 4) is 0 Å². The van der Waals surface area contributed by atoms with Gasteiger partial charge in [0.15, 0.2) is 0 Å². The largest absolute Gasteiger partial charge is 0.369 e. The second-order valence-electron chi connectivity index (χ2n) is 6.94. The van der Waals surface area contributed by atoms with E-state index in [0.29, 0.717) is 38.5 Å². The average molecular weight is 265 g/mol. The van der Waals surface area contributed by atoms with E-state index in [1.165, 1.54) is 0 Å². The maximum atomic E-state index is 11.9. The van der Waals surface area contributed by atoms with Gasteiger partial charge < -0.3 is 17.2 Å². The van der Waals surface area contributed by atoms with Crippen molar-refractivity contribution in [2.24, 2.45) is 39.4 Å². The number of carbonyl (C=O) groups excluding carboxylic acids is 3. The minimum absolute atomic E-state index is 0.142. The van der Waals surface area contributed by atoms with Gasteiger partial charge in [0.2, 0.25) is 17.7 Å². The number of carbonyl (C=O) groups is 3. The maximum absolute atomic E-state index is 11.9. The summed E-state index contributed by atoms with van der Waals surface area (Å²) >= 11 is 0. The molecule has 4 fully saturated rings. The summed E-state index contributed by atoms with van der Waals surface area (Å²) in [5, 5.41) is 0. The van der Waals surface area contributed by atoms with E-state index >= 15 is 0 Å². The van der Waals surface area contributed by atoms with Crippen LogP contribution in [0, 0.1) is 22.2 Å². The standard InChI is InChI=1S/C13H19N3O3/c14-8(17)11-1-7-2-12(4-11,9(15)18)6-13(3-7,5-11)10(16)19/h7H,1-6H2,(H2,14,17)(H2,15,18)(H2,16,19). The fourth-order valence-electron chi connectivity index (χ4n) is 5.26. The fraction of sp³-hybridized carbons (Fsp3) is 0.769. The molecular formula is C13H19N3O3. The van der Waals surface area contributed by atoms with E-state index in [-0.39, 0.29) is 5.92 Å². The molecule has 6 N–H and O–H groups in total. The van der Waals surface area contributed by atoms with Crippen LogP contribution in [0.4, 0.5) is 0 Å². The second-order valence-corrected chi connectivity index (χ2v) is 6.94. The van der Waals surface area contributed by atoms with Gasteiger partial charge >= 0.3 is 0 Å². The lowest BCUT2D eigenvalue weighted by molar-refractivity contribution is -0.183. The highest BCUT2D eigenvalue weighted by atomic mass is 16.2. The minimum atomic E-state index is -0.774. The van der Waals surface area contributed by atoms with Crippen LogP contribution in [0.15, 0.2) is 0 Å². The molecule has 4 rings (SSSR count). The first kappa shape index (κ1) is 12.4. The molecule has 4 saturated carbocycles. The van der Waals surface area contributed by atoms with E-state index in [4.69, 9.17) is 17.2 Å². The third kappa shape index (κ3) is 1.40. The third-order valence-corrected chi connectivity index (χ3v) is 5.64. The molecule has 0 aromatic carbocycles. The highest BCUT2D eigenvalue weighted by Crippen LogP contribution is 2.69. The molecule has 0 aliphatic heterocycles. The van der Waals surface area contributed by atoms with Crippen molar-refractivity contribution in [2.45, 2.75) is 38.5 Å². The first-order valence-electron chi connectivity index (χ1n) is 6.64. The number of primary amides is 3. The Kier molecular flexibility index (Phi) is 2.16. The van der Waals surface area contributed by atoms with E-state index in [9.17, 15) is 14.4 Å². The van der Waals surface area contributed by atoms with Gasteiger partial charge in [0.25, 0.3) is 0 Å². The Balaban J connectivity index is 2.13. The van der Waals surface area contributed by atoms with Crippen LogP contribution in [0.2, 0.25) is 0 Å².